The Labute approximate surface area is 186 Å². The number of halogens is 1. The molecule has 2 aromatic rings. The van der Waals surface area contributed by atoms with Crippen LogP contribution in [-0.4, -0.2) is 54.5 Å². The fourth-order valence-corrected chi connectivity index (χ4v) is 4.88. The summed E-state index contributed by atoms with van der Waals surface area (Å²) in [6.45, 7) is 3.88. The number of carbonyl (C=O) groups excluding carboxylic acids is 2. The van der Waals surface area contributed by atoms with Crippen molar-refractivity contribution in [2.24, 2.45) is 5.92 Å². The van der Waals surface area contributed by atoms with Gasteiger partial charge in [0.2, 0.25) is 5.91 Å². The molecular formula is C23H28FN3O3S. The number of nitrogens with one attached hydrogen (secondary N) is 1. The minimum atomic E-state index is -0.358. The number of carbonyl (C=O) groups is 2. The van der Waals surface area contributed by atoms with Crippen LogP contribution in [0.1, 0.15) is 36.2 Å². The normalized spacial score (nSPS) is 17.7. The second-order valence-corrected chi connectivity index (χ2v) is 9.08. The monoisotopic (exact) mass is 445 g/mol. The van der Waals surface area contributed by atoms with Crippen LogP contribution in [0.5, 0.6) is 5.75 Å². The molecule has 1 N–H and O–H groups in total. The second kappa shape index (κ2) is 9.68. The van der Waals surface area contributed by atoms with E-state index in [4.69, 9.17) is 4.74 Å². The summed E-state index contributed by atoms with van der Waals surface area (Å²) >= 11 is 1.68. The number of ether oxygens (including phenoxy) is 1. The van der Waals surface area contributed by atoms with E-state index in [1.54, 1.807) is 28.4 Å². The summed E-state index contributed by atoms with van der Waals surface area (Å²) in [7, 11) is 0. The summed E-state index contributed by atoms with van der Waals surface area (Å²) in [5.74, 6) is 0.485. The van der Waals surface area contributed by atoms with E-state index < -0.39 is 0 Å². The molecule has 31 heavy (non-hydrogen) atoms. The van der Waals surface area contributed by atoms with Crippen molar-refractivity contribution in [3.05, 3.63) is 52.0 Å². The predicted octanol–water partition coefficient (Wildman–Crippen LogP) is 3.83. The molecule has 2 aliphatic rings. The van der Waals surface area contributed by atoms with Crippen molar-refractivity contribution in [1.29, 1.82) is 0 Å². The summed E-state index contributed by atoms with van der Waals surface area (Å²) in [5.41, 5.74) is 1.08. The molecule has 1 aliphatic heterocycles. The number of nitrogens with zero attached hydrogens (tertiary/aromatic N) is 2. The Balaban J connectivity index is 1.48. The van der Waals surface area contributed by atoms with Gasteiger partial charge in [-0.25, -0.2) is 9.18 Å². The molecule has 0 spiro atoms. The standard InChI is InChI=1S/C23H28FN3O3S/c1-2-25-23(29)26(13-16-6-7-16)14-22(28)27-10-8-21-19(9-11-31-21)20(27)15-30-18-5-3-4-17(24)12-18/h3-5,9,11-12,16,20H,2,6-8,10,13-15H2,1H3,(H,25,29). The summed E-state index contributed by atoms with van der Waals surface area (Å²) < 4.78 is 19.4. The lowest BCUT2D eigenvalue weighted by molar-refractivity contribution is -0.135. The van der Waals surface area contributed by atoms with E-state index in [-0.39, 0.29) is 36.9 Å². The number of hydrogen-bond donors (Lipinski definition) is 1. The zero-order chi connectivity index (χ0) is 21.8. The highest BCUT2D eigenvalue weighted by atomic mass is 32.1. The molecule has 8 heteroatoms. The molecule has 1 aliphatic carbocycles. The van der Waals surface area contributed by atoms with Crippen molar-refractivity contribution in [1.82, 2.24) is 15.1 Å². The van der Waals surface area contributed by atoms with Crippen LogP contribution in [0.4, 0.5) is 9.18 Å². The van der Waals surface area contributed by atoms with E-state index >= 15 is 0 Å². The van der Waals surface area contributed by atoms with Gasteiger partial charge in [-0.3, -0.25) is 4.79 Å². The minimum Gasteiger partial charge on any atom is -0.491 e. The van der Waals surface area contributed by atoms with Crippen molar-refractivity contribution in [2.45, 2.75) is 32.2 Å². The van der Waals surface area contributed by atoms with Gasteiger partial charge in [0.25, 0.3) is 0 Å². The van der Waals surface area contributed by atoms with Gasteiger partial charge >= 0.3 is 6.03 Å². The van der Waals surface area contributed by atoms with Crippen LogP contribution in [0.25, 0.3) is 0 Å². The molecule has 1 atom stereocenters. The van der Waals surface area contributed by atoms with E-state index in [0.29, 0.717) is 31.3 Å². The summed E-state index contributed by atoms with van der Waals surface area (Å²) in [6, 6.07) is 7.61. The molecule has 1 aromatic heterocycles. The third-order valence-electron chi connectivity index (χ3n) is 5.74. The minimum absolute atomic E-state index is 0.0538. The van der Waals surface area contributed by atoms with Crippen molar-refractivity contribution in [3.8, 4) is 5.75 Å². The highest BCUT2D eigenvalue weighted by Gasteiger charge is 2.34. The van der Waals surface area contributed by atoms with E-state index in [0.717, 1.165) is 24.8 Å². The molecule has 1 aromatic carbocycles. The number of rotatable bonds is 8. The van der Waals surface area contributed by atoms with E-state index in [1.165, 1.54) is 17.0 Å². The number of urea groups is 1. The molecule has 0 bridgehead atoms. The maximum Gasteiger partial charge on any atom is 0.317 e. The molecule has 0 radical (unpaired) electrons. The maximum atomic E-state index is 13.5. The second-order valence-electron chi connectivity index (χ2n) is 8.08. The molecule has 6 nitrogen and oxygen atoms in total. The molecular weight excluding hydrogens is 417 g/mol. The van der Waals surface area contributed by atoms with Gasteiger partial charge in [0.15, 0.2) is 0 Å². The quantitative estimate of drug-likeness (QED) is 0.672. The number of amides is 3. The topological polar surface area (TPSA) is 61.9 Å². The zero-order valence-corrected chi connectivity index (χ0v) is 18.5. The lowest BCUT2D eigenvalue weighted by Crippen LogP contribution is -2.50. The first-order valence-electron chi connectivity index (χ1n) is 10.8. The maximum absolute atomic E-state index is 13.5. The summed E-state index contributed by atoms with van der Waals surface area (Å²) in [4.78, 5) is 30.5. The van der Waals surface area contributed by atoms with Gasteiger partial charge in [-0.05, 0) is 61.2 Å². The Bertz CT molecular complexity index is 930. The van der Waals surface area contributed by atoms with Crippen molar-refractivity contribution in [3.63, 3.8) is 0 Å². The fourth-order valence-electron chi connectivity index (χ4n) is 3.96. The molecule has 1 fully saturated rings. The Morgan fingerprint density at radius 2 is 2.16 bits per heavy atom. The first-order chi connectivity index (χ1) is 15.0. The number of thiophene rings is 1. The van der Waals surface area contributed by atoms with Crippen LogP contribution in [0.15, 0.2) is 35.7 Å². The van der Waals surface area contributed by atoms with Crippen molar-refractivity contribution >= 4 is 23.3 Å². The van der Waals surface area contributed by atoms with Crippen LogP contribution in [0.2, 0.25) is 0 Å². The molecule has 0 saturated heterocycles. The molecule has 1 saturated carbocycles. The lowest BCUT2D eigenvalue weighted by atomic mass is 10.0. The molecule has 4 rings (SSSR count). The van der Waals surface area contributed by atoms with Crippen LogP contribution in [0.3, 0.4) is 0 Å². The van der Waals surface area contributed by atoms with Crippen LogP contribution in [0, 0.1) is 11.7 Å². The molecule has 166 valence electrons. The first kappa shape index (κ1) is 21.6. The fraction of sp³-hybridized carbons (Fsp3) is 0.478. The third-order valence-corrected chi connectivity index (χ3v) is 6.73. The Kier molecular flexibility index (Phi) is 6.75. The molecule has 2 heterocycles. The number of hydrogen-bond acceptors (Lipinski definition) is 4. The van der Waals surface area contributed by atoms with Crippen LogP contribution >= 0.6 is 11.3 Å². The van der Waals surface area contributed by atoms with Crippen molar-refractivity contribution < 1.29 is 18.7 Å². The van der Waals surface area contributed by atoms with Gasteiger partial charge in [-0.1, -0.05) is 6.07 Å². The summed E-state index contributed by atoms with van der Waals surface area (Å²) in [6.07, 6.45) is 3.01. The largest absolute Gasteiger partial charge is 0.491 e. The smallest absolute Gasteiger partial charge is 0.317 e. The van der Waals surface area contributed by atoms with E-state index in [1.807, 2.05) is 23.3 Å². The highest BCUT2D eigenvalue weighted by molar-refractivity contribution is 7.10. The van der Waals surface area contributed by atoms with Gasteiger partial charge in [0.1, 0.15) is 24.7 Å². The van der Waals surface area contributed by atoms with Crippen LogP contribution in [-0.2, 0) is 11.2 Å². The Morgan fingerprint density at radius 3 is 2.90 bits per heavy atom. The summed E-state index contributed by atoms with van der Waals surface area (Å²) in [5, 5.41) is 4.85. The third kappa shape index (κ3) is 5.36. The average molecular weight is 446 g/mol. The van der Waals surface area contributed by atoms with Gasteiger partial charge in [-0.2, -0.15) is 0 Å². The van der Waals surface area contributed by atoms with E-state index in [2.05, 4.69) is 5.32 Å². The zero-order valence-electron chi connectivity index (χ0n) is 17.7. The van der Waals surface area contributed by atoms with E-state index in [9.17, 15) is 14.0 Å². The average Bonchev–Trinajstić information content (AvgIpc) is 3.44. The van der Waals surface area contributed by atoms with Gasteiger partial charge in [0, 0.05) is 30.6 Å². The first-order valence-corrected chi connectivity index (χ1v) is 11.7. The van der Waals surface area contributed by atoms with Gasteiger partial charge in [-0.15, -0.1) is 11.3 Å². The highest BCUT2D eigenvalue weighted by Crippen LogP contribution is 2.34. The predicted molar refractivity (Wildman–Crippen MR) is 118 cm³/mol. The van der Waals surface area contributed by atoms with Crippen LogP contribution < -0.4 is 10.1 Å². The Morgan fingerprint density at radius 1 is 1.32 bits per heavy atom. The van der Waals surface area contributed by atoms with Crippen molar-refractivity contribution in [2.75, 3.05) is 32.8 Å². The van der Waals surface area contributed by atoms with Gasteiger partial charge in [0.05, 0.1) is 6.04 Å². The number of fused-ring (bicyclic) bond motifs is 1. The van der Waals surface area contributed by atoms with Gasteiger partial charge < -0.3 is 19.9 Å². The Hall–Kier alpha value is -2.61. The number of benzene rings is 1. The lowest BCUT2D eigenvalue weighted by Gasteiger charge is -2.37. The molecule has 3 amide bonds. The molecule has 1 unspecified atom stereocenters. The SMILES string of the molecule is CCNC(=O)N(CC(=O)N1CCc2sccc2C1COc1cccc(F)c1)CC1CC1.